The van der Waals surface area contributed by atoms with E-state index in [0.29, 0.717) is 0 Å². The van der Waals surface area contributed by atoms with Crippen molar-refractivity contribution in [2.24, 2.45) is 10.9 Å². The van der Waals surface area contributed by atoms with E-state index < -0.39 is 0 Å². The number of hydrogen-bond acceptors (Lipinski definition) is 2. The summed E-state index contributed by atoms with van der Waals surface area (Å²) in [4.78, 5) is 6.54. The number of thiophene rings is 1. The molecule has 0 bridgehead atoms. The molecule has 1 aromatic rings. The first-order valence-corrected chi connectivity index (χ1v) is 7.54. The van der Waals surface area contributed by atoms with Crippen molar-refractivity contribution in [2.75, 3.05) is 0 Å². The highest BCUT2D eigenvalue weighted by Crippen LogP contribution is 2.48. The van der Waals surface area contributed by atoms with Gasteiger partial charge in [-0.15, -0.1) is 11.3 Å². The zero-order valence-electron chi connectivity index (χ0n) is 10.1. The highest BCUT2D eigenvalue weighted by molar-refractivity contribution is 7.16. The van der Waals surface area contributed by atoms with Gasteiger partial charge in [0.15, 0.2) is 0 Å². The first kappa shape index (κ1) is 10.1. The summed E-state index contributed by atoms with van der Waals surface area (Å²) < 4.78 is 0. The van der Waals surface area contributed by atoms with E-state index in [1.54, 1.807) is 10.4 Å². The van der Waals surface area contributed by atoms with Gasteiger partial charge in [0, 0.05) is 22.6 Å². The van der Waals surface area contributed by atoms with Crippen molar-refractivity contribution in [3.05, 3.63) is 22.6 Å². The van der Waals surface area contributed by atoms with Gasteiger partial charge in [-0.1, -0.05) is 6.58 Å². The second-order valence-electron chi connectivity index (χ2n) is 5.55. The van der Waals surface area contributed by atoms with Gasteiger partial charge in [-0.25, -0.2) is 4.99 Å². The maximum atomic E-state index is 4.94. The fourth-order valence-electron chi connectivity index (χ4n) is 3.12. The molecule has 1 fully saturated rings. The third-order valence-electron chi connectivity index (χ3n) is 4.19. The first-order chi connectivity index (χ1) is 8.33. The molecule has 0 amide bonds. The lowest BCUT2D eigenvalue weighted by Gasteiger charge is -2.17. The van der Waals surface area contributed by atoms with E-state index in [4.69, 9.17) is 4.99 Å². The van der Waals surface area contributed by atoms with Crippen molar-refractivity contribution in [3.8, 4) is 0 Å². The Morgan fingerprint density at radius 1 is 1.18 bits per heavy atom. The minimum atomic E-state index is 0.791. The summed E-state index contributed by atoms with van der Waals surface area (Å²) in [5, 5.41) is 1.29. The minimum Gasteiger partial charge on any atom is -0.246 e. The van der Waals surface area contributed by atoms with Crippen LogP contribution in [0.5, 0.6) is 0 Å². The van der Waals surface area contributed by atoms with E-state index in [-0.39, 0.29) is 0 Å². The second kappa shape index (κ2) is 3.55. The Kier molecular flexibility index (Phi) is 2.10. The van der Waals surface area contributed by atoms with Crippen molar-refractivity contribution in [2.45, 2.75) is 44.9 Å². The highest BCUT2D eigenvalue weighted by atomic mass is 32.1. The molecule has 1 aliphatic heterocycles. The molecule has 3 aliphatic rings. The molecule has 0 unspecified atom stereocenters. The van der Waals surface area contributed by atoms with Crippen LogP contribution in [0.3, 0.4) is 0 Å². The molecule has 88 valence electrons. The molecule has 4 rings (SSSR count). The standard InChI is InChI=1S/C15H17NS/c1-9-8-12(10-6-7-10)16-15-14(9)11-4-2-3-5-13(11)17-15/h10H,1-8H2. The largest absolute Gasteiger partial charge is 0.246 e. The summed E-state index contributed by atoms with van der Waals surface area (Å²) in [6, 6.07) is 0. The molecule has 1 saturated carbocycles. The summed E-state index contributed by atoms with van der Waals surface area (Å²) in [7, 11) is 0. The van der Waals surface area contributed by atoms with E-state index in [0.717, 1.165) is 12.3 Å². The average molecular weight is 243 g/mol. The van der Waals surface area contributed by atoms with Crippen LogP contribution >= 0.6 is 11.3 Å². The van der Waals surface area contributed by atoms with E-state index in [1.807, 2.05) is 11.3 Å². The molecule has 1 aromatic heterocycles. The first-order valence-electron chi connectivity index (χ1n) is 6.73. The van der Waals surface area contributed by atoms with Gasteiger partial charge in [0.05, 0.1) is 0 Å². The van der Waals surface area contributed by atoms with Gasteiger partial charge < -0.3 is 0 Å². The zero-order valence-corrected chi connectivity index (χ0v) is 10.9. The summed E-state index contributed by atoms with van der Waals surface area (Å²) in [5.41, 5.74) is 5.80. The third kappa shape index (κ3) is 1.54. The monoisotopic (exact) mass is 243 g/mol. The van der Waals surface area contributed by atoms with Crippen LogP contribution in [-0.2, 0) is 12.8 Å². The fourth-order valence-corrected chi connectivity index (χ4v) is 4.46. The lowest BCUT2D eigenvalue weighted by Crippen LogP contribution is -2.08. The van der Waals surface area contributed by atoms with Crippen LogP contribution in [-0.4, -0.2) is 5.71 Å². The summed E-state index contributed by atoms with van der Waals surface area (Å²) in [6.07, 6.45) is 8.99. The average Bonchev–Trinajstić information content (AvgIpc) is 3.09. The van der Waals surface area contributed by atoms with Gasteiger partial charge in [-0.05, 0) is 55.6 Å². The topological polar surface area (TPSA) is 12.4 Å². The zero-order chi connectivity index (χ0) is 11.4. The Bertz CT molecular complexity index is 531. The van der Waals surface area contributed by atoms with Crippen LogP contribution in [0.15, 0.2) is 11.6 Å². The van der Waals surface area contributed by atoms with Crippen molar-refractivity contribution in [1.82, 2.24) is 0 Å². The molecule has 0 atom stereocenters. The maximum Gasteiger partial charge on any atom is 0.123 e. The molecule has 17 heavy (non-hydrogen) atoms. The van der Waals surface area contributed by atoms with Crippen LogP contribution in [0.2, 0.25) is 0 Å². The van der Waals surface area contributed by atoms with Crippen LogP contribution in [0.25, 0.3) is 5.57 Å². The second-order valence-corrected chi connectivity index (χ2v) is 6.63. The quantitative estimate of drug-likeness (QED) is 0.687. The number of aliphatic imine (C=N–C) groups is 1. The molecule has 1 nitrogen and oxygen atoms in total. The number of hydrogen-bond donors (Lipinski definition) is 0. The number of nitrogens with zero attached hydrogens (tertiary/aromatic N) is 1. The van der Waals surface area contributed by atoms with Crippen molar-refractivity contribution in [3.63, 3.8) is 0 Å². The molecule has 2 aliphatic carbocycles. The van der Waals surface area contributed by atoms with Crippen molar-refractivity contribution < 1.29 is 0 Å². The van der Waals surface area contributed by atoms with Crippen LogP contribution in [0, 0.1) is 5.92 Å². The number of rotatable bonds is 1. The highest BCUT2D eigenvalue weighted by Gasteiger charge is 2.32. The summed E-state index contributed by atoms with van der Waals surface area (Å²) in [5.74, 6) is 0.791. The molecule has 0 N–H and O–H groups in total. The van der Waals surface area contributed by atoms with Gasteiger partial charge in [-0.2, -0.15) is 0 Å². The molecule has 0 saturated heterocycles. The Morgan fingerprint density at radius 3 is 2.82 bits per heavy atom. The van der Waals surface area contributed by atoms with Gasteiger partial charge in [-0.3, -0.25) is 0 Å². The van der Waals surface area contributed by atoms with Gasteiger partial charge >= 0.3 is 0 Å². The summed E-state index contributed by atoms with van der Waals surface area (Å²) >= 11 is 1.94. The lowest BCUT2D eigenvalue weighted by molar-refractivity contribution is 0.695. The van der Waals surface area contributed by atoms with Gasteiger partial charge in [0.25, 0.3) is 0 Å². The molecule has 0 radical (unpaired) electrons. The van der Waals surface area contributed by atoms with Crippen LogP contribution in [0.1, 0.15) is 48.1 Å². The number of allylic oxidation sites excluding steroid dienone is 1. The molecule has 2 heterocycles. The molecular formula is C15H17NS. The normalized spacial score (nSPS) is 23.1. The Balaban J connectivity index is 1.85. The lowest BCUT2D eigenvalue weighted by atomic mass is 9.89. The molecule has 2 heteroatoms. The predicted molar refractivity (Wildman–Crippen MR) is 74.4 cm³/mol. The SMILES string of the molecule is C=C1CC(C2CC2)=Nc2sc3c(c21)CCCC3. The Labute approximate surface area is 106 Å². The third-order valence-corrected chi connectivity index (χ3v) is 5.38. The van der Waals surface area contributed by atoms with Crippen molar-refractivity contribution in [1.29, 1.82) is 0 Å². The molecular weight excluding hydrogens is 226 g/mol. The fraction of sp³-hybridized carbons (Fsp3) is 0.533. The van der Waals surface area contributed by atoms with Crippen LogP contribution < -0.4 is 0 Å². The Morgan fingerprint density at radius 2 is 2.00 bits per heavy atom. The maximum absolute atomic E-state index is 4.94. The van der Waals surface area contributed by atoms with E-state index in [1.165, 1.54) is 60.4 Å². The number of fused-ring (bicyclic) bond motifs is 3. The predicted octanol–water partition coefficient (Wildman–Crippen LogP) is 4.53. The molecule has 0 spiro atoms. The van der Waals surface area contributed by atoms with E-state index >= 15 is 0 Å². The summed E-state index contributed by atoms with van der Waals surface area (Å²) in [6.45, 7) is 4.32. The smallest absolute Gasteiger partial charge is 0.123 e. The van der Waals surface area contributed by atoms with Crippen LogP contribution in [0.4, 0.5) is 5.00 Å². The van der Waals surface area contributed by atoms with Crippen molar-refractivity contribution >= 4 is 27.6 Å². The minimum absolute atomic E-state index is 0.791. The molecule has 0 aromatic carbocycles. The van der Waals surface area contributed by atoms with Gasteiger partial charge in [0.1, 0.15) is 5.00 Å². The van der Waals surface area contributed by atoms with E-state index in [2.05, 4.69) is 6.58 Å². The van der Waals surface area contributed by atoms with E-state index in [9.17, 15) is 0 Å². The Hall–Kier alpha value is -0.890. The van der Waals surface area contributed by atoms with Gasteiger partial charge in [0.2, 0.25) is 0 Å². The number of aryl methyl sites for hydroxylation is 1.